The highest BCUT2D eigenvalue weighted by Gasteiger charge is 2.05. The van der Waals surface area contributed by atoms with Crippen molar-refractivity contribution in [3.05, 3.63) is 35.4 Å². The van der Waals surface area contributed by atoms with Gasteiger partial charge < -0.3 is 0 Å². The van der Waals surface area contributed by atoms with Crippen molar-refractivity contribution < 1.29 is 0 Å². The maximum Gasteiger partial charge on any atom is 0.0831 e. The summed E-state index contributed by atoms with van der Waals surface area (Å²) in [5.74, 6) is 0. The van der Waals surface area contributed by atoms with Crippen LogP contribution in [-0.4, -0.2) is 19.6 Å². The summed E-state index contributed by atoms with van der Waals surface area (Å²) < 4.78 is 3.91. The first-order chi connectivity index (χ1) is 7.20. The Kier molecular flexibility index (Phi) is 2.58. The summed E-state index contributed by atoms with van der Waals surface area (Å²) in [4.78, 5) is 0. The van der Waals surface area contributed by atoms with Crippen LogP contribution in [0.2, 0.25) is 0 Å². The molecule has 15 heavy (non-hydrogen) atoms. The molecule has 2 heterocycles. The molecule has 0 spiro atoms. The Labute approximate surface area is 89.5 Å². The molecule has 0 aliphatic heterocycles. The van der Waals surface area contributed by atoms with Crippen molar-refractivity contribution in [2.24, 2.45) is 7.05 Å². The van der Waals surface area contributed by atoms with E-state index in [0.29, 0.717) is 0 Å². The van der Waals surface area contributed by atoms with Gasteiger partial charge in [-0.15, -0.1) is 0 Å². The highest BCUT2D eigenvalue weighted by molar-refractivity contribution is 5.11. The molecule has 0 atom stereocenters. The molecule has 4 heteroatoms. The standard InChI is InChI=1S/C11H16N4/c1-4-10-7-11(14(3)13-10)8-15-9(2)5-6-12-15/h5-7H,4,8H2,1-3H3. The van der Waals surface area contributed by atoms with Gasteiger partial charge in [0.2, 0.25) is 0 Å². The minimum Gasteiger partial charge on any atom is -0.270 e. The molecule has 0 aromatic carbocycles. The van der Waals surface area contributed by atoms with Gasteiger partial charge in [-0.05, 0) is 25.5 Å². The smallest absolute Gasteiger partial charge is 0.0831 e. The normalized spacial score (nSPS) is 10.9. The SMILES string of the molecule is CCc1cc(Cn2nccc2C)n(C)n1. The number of nitrogens with zero attached hydrogens (tertiary/aromatic N) is 4. The topological polar surface area (TPSA) is 35.6 Å². The Bertz CT molecular complexity index is 453. The number of aryl methyl sites for hydroxylation is 3. The van der Waals surface area contributed by atoms with Crippen LogP contribution >= 0.6 is 0 Å². The molecule has 4 nitrogen and oxygen atoms in total. The van der Waals surface area contributed by atoms with Crippen molar-refractivity contribution in [1.29, 1.82) is 0 Å². The van der Waals surface area contributed by atoms with Gasteiger partial charge in [-0.2, -0.15) is 10.2 Å². The zero-order valence-electron chi connectivity index (χ0n) is 9.44. The van der Waals surface area contributed by atoms with Crippen molar-refractivity contribution in [2.75, 3.05) is 0 Å². The van der Waals surface area contributed by atoms with Crippen LogP contribution in [0.3, 0.4) is 0 Å². The summed E-state index contributed by atoms with van der Waals surface area (Å²) in [5.41, 5.74) is 3.50. The Hall–Kier alpha value is -1.58. The molecule has 80 valence electrons. The van der Waals surface area contributed by atoms with Crippen LogP contribution in [0.15, 0.2) is 18.3 Å². The molecule has 2 rings (SSSR count). The van der Waals surface area contributed by atoms with Crippen LogP contribution in [0.1, 0.15) is 24.0 Å². The van der Waals surface area contributed by atoms with Crippen LogP contribution in [0, 0.1) is 6.92 Å². The monoisotopic (exact) mass is 204 g/mol. The number of hydrogen-bond acceptors (Lipinski definition) is 2. The van der Waals surface area contributed by atoms with Crippen molar-refractivity contribution >= 4 is 0 Å². The molecule has 0 saturated carbocycles. The van der Waals surface area contributed by atoms with Crippen molar-refractivity contribution in [3.63, 3.8) is 0 Å². The van der Waals surface area contributed by atoms with Gasteiger partial charge in [0, 0.05) is 18.9 Å². The fourth-order valence-electron chi connectivity index (χ4n) is 1.61. The first-order valence-corrected chi connectivity index (χ1v) is 5.21. The second-order valence-corrected chi connectivity index (χ2v) is 3.73. The van der Waals surface area contributed by atoms with E-state index in [4.69, 9.17) is 0 Å². The Balaban J connectivity index is 2.24. The van der Waals surface area contributed by atoms with E-state index in [2.05, 4.69) is 30.1 Å². The maximum atomic E-state index is 4.41. The molecule has 0 radical (unpaired) electrons. The summed E-state index contributed by atoms with van der Waals surface area (Å²) in [6.07, 6.45) is 2.80. The van der Waals surface area contributed by atoms with E-state index < -0.39 is 0 Å². The lowest BCUT2D eigenvalue weighted by molar-refractivity contribution is 0.606. The van der Waals surface area contributed by atoms with E-state index in [0.717, 1.165) is 18.7 Å². The molecule has 0 aliphatic carbocycles. The van der Waals surface area contributed by atoms with E-state index in [1.807, 2.05) is 28.7 Å². The lowest BCUT2D eigenvalue weighted by Crippen LogP contribution is -2.07. The fourth-order valence-corrected chi connectivity index (χ4v) is 1.61. The maximum absolute atomic E-state index is 4.41. The van der Waals surface area contributed by atoms with Crippen LogP contribution in [0.25, 0.3) is 0 Å². The summed E-state index contributed by atoms with van der Waals surface area (Å²) in [7, 11) is 1.98. The van der Waals surface area contributed by atoms with Crippen molar-refractivity contribution in [3.8, 4) is 0 Å². The second-order valence-electron chi connectivity index (χ2n) is 3.73. The zero-order valence-corrected chi connectivity index (χ0v) is 9.44. The molecule has 0 unspecified atom stereocenters. The first-order valence-electron chi connectivity index (χ1n) is 5.21. The summed E-state index contributed by atoms with van der Waals surface area (Å²) in [6, 6.07) is 4.15. The molecular formula is C11H16N4. The minimum absolute atomic E-state index is 0.794. The Morgan fingerprint density at radius 3 is 2.73 bits per heavy atom. The highest BCUT2D eigenvalue weighted by Crippen LogP contribution is 2.07. The van der Waals surface area contributed by atoms with E-state index in [-0.39, 0.29) is 0 Å². The molecule has 0 N–H and O–H groups in total. The van der Waals surface area contributed by atoms with Gasteiger partial charge in [0.1, 0.15) is 0 Å². The molecule has 0 fully saturated rings. The highest BCUT2D eigenvalue weighted by atomic mass is 15.3. The lowest BCUT2D eigenvalue weighted by Gasteiger charge is -2.03. The molecule has 0 saturated heterocycles. The van der Waals surface area contributed by atoms with Gasteiger partial charge in [-0.1, -0.05) is 6.92 Å². The largest absolute Gasteiger partial charge is 0.270 e. The van der Waals surface area contributed by atoms with Gasteiger partial charge in [0.05, 0.1) is 17.9 Å². The van der Waals surface area contributed by atoms with Gasteiger partial charge in [0.25, 0.3) is 0 Å². The molecule has 0 aliphatic rings. The van der Waals surface area contributed by atoms with Crippen LogP contribution < -0.4 is 0 Å². The van der Waals surface area contributed by atoms with Crippen molar-refractivity contribution in [2.45, 2.75) is 26.8 Å². The lowest BCUT2D eigenvalue weighted by atomic mass is 10.3. The minimum atomic E-state index is 0.794. The molecule has 0 amide bonds. The first kappa shape index (κ1) is 9.96. The predicted octanol–water partition coefficient (Wildman–Crippen LogP) is 1.54. The summed E-state index contributed by atoms with van der Waals surface area (Å²) in [6.45, 7) is 4.97. The van der Waals surface area contributed by atoms with E-state index in [1.54, 1.807) is 0 Å². The Morgan fingerprint density at radius 2 is 2.20 bits per heavy atom. The summed E-state index contributed by atoms with van der Waals surface area (Å²) >= 11 is 0. The van der Waals surface area contributed by atoms with E-state index >= 15 is 0 Å². The number of hydrogen-bond donors (Lipinski definition) is 0. The van der Waals surface area contributed by atoms with Gasteiger partial charge in [-0.3, -0.25) is 9.36 Å². The Morgan fingerprint density at radius 1 is 1.40 bits per heavy atom. The molecule has 0 bridgehead atoms. The van der Waals surface area contributed by atoms with Crippen LogP contribution in [-0.2, 0) is 20.0 Å². The van der Waals surface area contributed by atoms with Crippen LogP contribution in [0.4, 0.5) is 0 Å². The average Bonchev–Trinajstić information content (AvgIpc) is 2.76. The van der Waals surface area contributed by atoms with Crippen molar-refractivity contribution in [1.82, 2.24) is 19.6 Å². The average molecular weight is 204 g/mol. The summed E-state index contributed by atoms with van der Waals surface area (Å²) in [5, 5.41) is 8.68. The molecule has 2 aromatic heterocycles. The van der Waals surface area contributed by atoms with Gasteiger partial charge in [-0.25, -0.2) is 0 Å². The third kappa shape index (κ3) is 1.93. The zero-order chi connectivity index (χ0) is 10.8. The molecular weight excluding hydrogens is 188 g/mol. The van der Waals surface area contributed by atoms with E-state index in [1.165, 1.54) is 11.4 Å². The third-order valence-electron chi connectivity index (χ3n) is 2.63. The molecule has 2 aromatic rings. The number of aromatic nitrogens is 4. The fraction of sp³-hybridized carbons (Fsp3) is 0.455. The predicted molar refractivity (Wildman–Crippen MR) is 58.7 cm³/mol. The second kappa shape index (κ2) is 3.88. The number of rotatable bonds is 3. The van der Waals surface area contributed by atoms with Gasteiger partial charge >= 0.3 is 0 Å². The van der Waals surface area contributed by atoms with Crippen LogP contribution in [0.5, 0.6) is 0 Å². The quantitative estimate of drug-likeness (QED) is 0.760. The third-order valence-corrected chi connectivity index (χ3v) is 2.63. The van der Waals surface area contributed by atoms with Gasteiger partial charge in [0.15, 0.2) is 0 Å². The van der Waals surface area contributed by atoms with E-state index in [9.17, 15) is 0 Å².